The van der Waals surface area contributed by atoms with E-state index in [-0.39, 0.29) is 0 Å². The van der Waals surface area contributed by atoms with Crippen LogP contribution in [0.1, 0.15) is 0 Å². The topological polar surface area (TPSA) is 51.6 Å². The van der Waals surface area contributed by atoms with Gasteiger partial charge in [0.05, 0.1) is 0 Å². The highest BCUT2D eigenvalue weighted by atomic mass is 32.1. The van der Waals surface area contributed by atoms with Crippen molar-refractivity contribution in [2.75, 3.05) is 0 Å². The molecule has 2 heterocycles. The largest absolute Gasteiger partial charge is 0.241 e. The summed E-state index contributed by atoms with van der Waals surface area (Å²) in [4.78, 5) is 16.9. The summed E-state index contributed by atoms with van der Waals surface area (Å²) in [6.07, 6.45) is 3.26. The van der Waals surface area contributed by atoms with Gasteiger partial charge >= 0.3 is 0 Å². The zero-order valence-electron chi connectivity index (χ0n) is 8.82. The predicted molar refractivity (Wildman–Crippen MR) is 66.4 cm³/mol. The molecular weight excluding hydrogens is 232 g/mol. The highest BCUT2D eigenvalue weighted by Gasteiger charge is 2.06. The van der Waals surface area contributed by atoms with E-state index in [1.54, 1.807) is 6.20 Å². The molecule has 0 N–H and O–H groups in total. The van der Waals surface area contributed by atoms with Crippen LogP contribution in [-0.4, -0.2) is 19.9 Å². The summed E-state index contributed by atoms with van der Waals surface area (Å²) in [5.74, 6) is 1.29. The van der Waals surface area contributed by atoms with Crippen molar-refractivity contribution in [2.24, 2.45) is 0 Å². The van der Waals surface area contributed by atoms with Gasteiger partial charge < -0.3 is 0 Å². The Hall–Kier alpha value is -2.14. The Kier molecular flexibility index (Phi) is 2.59. The molecule has 0 radical (unpaired) electrons. The molecule has 1 aromatic carbocycles. The van der Waals surface area contributed by atoms with Crippen molar-refractivity contribution in [2.45, 2.75) is 0 Å². The average Bonchev–Trinajstić information content (AvgIpc) is 2.94. The van der Waals surface area contributed by atoms with Gasteiger partial charge in [0.25, 0.3) is 0 Å². The van der Waals surface area contributed by atoms with Crippen molar-refractivity contribution in [3.8, 4) is 22.2 Å². The van der Waals surface area contributed by atoms with E-state index in [0.717, 1.165) is 10.6 Å². The third-order valence-electron chi connectivity index (χ3n) is 2.23. The van der Waals surface area contributed by atoms with Crippen LogP contribution < -0.4 is 0 Å². The van der Waals surface area contributed by atoms with Gasteiger partial charge in [-0.05, 0) is 0 Å². The van der Waals surface area contributed by atoms with Gasteiger partial charge in [-0.15, -0.1) is 11.3 Å². The Bertz CT molecular complexity index is 607. The van der Waals surface area contributed by atoms with Crippen LogP contribution in [0, 0.1) is 0 Å². The summed E-state index contributed by atoms with van der Waals surface area (Å²) in [5, 5.41) is 2.71. The van der Waals surface area contributed by atoms with Gasteiger partial charge in [0.1, 0.15) is 6.33 Å². The number of benzene rings is 1. The van der Waals surface area contributed by atoms with Gasteiger partial charge in [0, 0.05) is 17.1 Å². The molecule has 4 nitrogen and oxygen atoms in total. The molecule has 0 saturated heterocycles. The first-order valence-electron chi connectivity index (χ1n) is 5.08. The van der Waals surface area contributed by atoms with Gasteiger partial charge in [0.2, 0.25) is 0 Å². The second-order valence-electron chi connectivity index (χ2n) is 3.34. The summed E-state index contributed by atoms with van der Waals surface area (Å²) < 4.78 is 0. The highest BCUT2D eigenvalue weighted by molar-refractivity contribution is 7.12. The number of thiazole rings is 1. The van der Waals surface area contributed by atoms with E-state index in [1.165, 1.54) is 17.7 Å². The molecule has 3 rings (SSSR count). The van der Waals surface area contributed by atoms with Crippen LogP contribution in [0.4, 0.5) is 0 Å². The molecule has 0 amide bonds. The van der Waals surface area contributed by atoms with Crippen molar-refractivity contribution in [1.82, 2.24) is 19.9 Å². The lowest BCUT2D eigenvalue weighted by atomic mass is 10.2. The zero-order chi connectivity index (χ0) is 11.5. The quantitative estimate of drug-likeness (QED) is 0.691. The second kappa shape index (κ2) is 4.39. The Morgan fingerprint density at radius 1 is 0.882 bits per heavy atom. The normalized spacial score (nSPS) is 10.4. The Morgan fingerprint density at radius 3 is 2.47 bits per heavy atom. The fraction of sp³-hybridized carbons (Fsp3) is 0. The van der Waals surface area contributed by atoms with E-state index >= 15 is 0 Å². The number of nitrogens with zero attached hydrogens (tertiary/aromatic N) is 4. The highest BCUT2D eigenvalue weighted by Crippen LogP contribution is 2.19. The molecule has 0 unspecified atom stereocenters. The summed E-state index contributed by atoms with van der Waals surface area (Å²) in [5.41, 5.74) is 0.979. The zero-order valence-corrected chi connectivity index (χ0v) is 9.63. The average molecular weight is 240 g/mol. The molecule has 0 aliphatic carbocycles. The lowest BCUT2D eigenvalue weighted by Crippen LogP contribution is -1.94. The Morgan fingerprint density at radius 2 is 1.71 bits per heavy atom. The molecule has 0 aliphatic heterocycles. The van der Waals surface area contributed by atoms with Crippen LogP contribution in [0.5, 0.6) is 0 Å². The van der Waals surface area contributed by atoms with Crippen LogP contribution in [0.25, 0.3) is 22.2 Å². The van der Waals surface area contributed by atoms with Gasteiger partial charge in [-0.3, -0.25) is 0 Å². The number of hydrogen-bond acceptors (Lipinski definition) is 5. The fourth-order valence-corrected chi connectivity index (χ4v) is 2.04. The fourth-order valence-electron chi connectivity index (χ4n) is 1.46. The molecule has 0 spiro atoms. The second-order valence-corrected chi connectivity index (χ2v) is 4.23. The van der Waals surface area contributed by atoms with E-state index in [1.807, 2.05) is 35.7 Å². The standard InChI is InChI=1S/C12H8N4S/c1-2-4-9(5-3-1)10-14-8-15-11(16-10)12-13-6-7-17-12/h1-8H. The molecule has 0 atom stereocenters. The Labute approximate surface area is 102 Å². The maximum Gasteiger partial charge on any atom is 0.192 e. The van der Waals surface area contributed by atoms with Crippen molar-refractivity contribution in [3.05, 3.63) is 48.2 Å². The Balaban J connectivity index is 2.06. The number of rotatable bonds is 2. The van der Waals surface area contributed by atoms with E-state index in [0.29, 0.717) is 11.6 Å². The molecule has 0 fully saturated rings. The van der Waals surface area contributed by atoms with Gasteiger partial charge in [-0.1, -0.05) is 30.3 Å². The van der Waals surface area contributed by atoms with Crippen molar-refractivity contribution < 1.29 is 0 Å². The summed E-state index contributed by atoms with van der Waals surface area (Å²) in [6, 6.07) is 9.83. The molecule has 5 heteroatoms. The number of hydrogen-bond donors (Lipinski definition) is 0. The van der Waals surface area contributed by atoms with Gasteiger partial charge in [-0.25, -0.2) is 19.9 Å². The maximum atomic E-state index is 4.41. The van der Waals surface area contributed by atoms with Crippen LogP contribution in [-0.2, 0) is 0 Å². The molecule has 2 aromatic heterocycles. The molecule has 82 valence electrons. The summed E-state index contributed by atoms with van der Waals surface area (Å²) in [6.45, 7) is 0. The SMILES string of the molecule is c1ccc(-c2ncnc(-c3nccs3)n2)cc1. The lowest BCUT2D eigenvalue weighted by Gasteiger charge is -2.00. The van der Waals surface area contributed by atoms with E-state index in [9.17, 15) is 0 Å². The predicted octanol–water partition coefficient (Wildman–Crippen LogP) is 2.66. The smallest absolute Gasteiger partial charge is 0.192 e. The lowest BCUT2D eigenvalue weighted by molar-refractivity contribution is 1.06. The first-order chi connectivity index (χ1) is 8.43. The third-order valence-corrected chi connectivity index (χ3v) is 3.00. The van der Waals surface area contributed by atoms with E-state index in [4.69, 9.17) is 0 Å². The molecular formula is C12H8N4S. The van der Waals surface area contributed by atoms with Gasteiger partial charge in [-0.2, -0.15) is 0 Å². The first-order valence-corrected chi connectivity index (χ1v) is 5.96. The van der Waals surface area contributed by atoms with Gasteiger partial charge in [0.15, 0.2) is 16.7 Å². The first kappa shape index (κ1) is 10.0. The molecule has 17 heavy (non-hydrogen) atoms. The maximum absolute atomic E-state index is 4.41. The molecule has 3 aromatic rings. The van der Waals surface area contributed by atoms with E-state index < -0.39 is 0 Å². The molecule has 0 bridgehead atoms. The van der Waals surface area contributed by atoms with Crippen LogP contribution in [0.3, 0.4) is 0 Å². The monoisotopic (exact) mass is 240 g/mol. The number of aromatic nitrogens is 4. The van der Waals surface area contributed by atoms with Crippen LogP contribution in [0.15, 0.2) is 48.2 Å². The minimum absolute atomic E-state index is 0.619. The minimum Gasteiger partial charge on any atom is -0.241 e. The third kappa shape index (κ3) is 2.05. The van der Waals surface area contributed by atoms with E-state index in [2.05, 4.69) is 19.9 Å². The van der Waals surface area contributed by atoms with Crippen LogP contribution in [0.2, 0.25) is 0 Å². The van der Waals surface area contributed by atoms with Crippen molar-refractivity contribution in [3.63, 3.8) is 0 Å². The molecule has 0 saturated carbocycles. The summed E-state index contributed by atoms with van der Waals surface area (Å²) >= 11 is 1.52. The minimum atomic E-state index is 0.619. The molecule has 0 aliphatic rings. The summed E-state index contributed by atoms with van der Waals surface area (Å²) in [7, 11) is 0. The van der Waals surface area contributed by atoms with Crippen molar-refractivity contribution in [1.29, 1.82) is 0 Å². The van der Waals surface area contributed by atoms with Crippen LogP contribution >= 0.6 is 11.3 Å². The van der Waals surface area contributed by atoms with Crippen molar-refractivity contribution >= 4 is 11.3 Å².